The average Bonchev–Trinajstić information content (AvgIpc) is 3.45. The quantitative estimate of drug-likeness (QED) is 0.348. The Hall–Kier alpha value is -3.38. The largest absolute Gasteiger partial charge is 0.0995 e. The van der Waals surface area contributed by atoms with Crippen LogP contribution >= 0.6 is 0 Å². The first-order chi connectivity index (χ1) is 16.0. The first kappa shape index (κ1) is 22.8. The van der Waals surface area contributed by atoms with Gasteiger partial charge in [-0.15, -0.1) is 0 Å². The minimum Gasteiger partial charge on any atom is -0.0995 e. The van der Waals surface area contributed by atoms with E-state index in [1.807, 2.05) is 6.92 Å². The van der Waals surface area contributed by atoms with Gasteiger partial charge in [-0.3, -0.25) is 0 Å². The summed E-state index contributed by atoms with van der Waals surface area (Å²) in [6.45, 7) is 12.7. The smallest absolute Gasteiger partial charge is 0.0261 e. The molecule has 2 aliphatic carbocycles. The van der Waals surface area contributed by atoms with Crippen LogP contribution in [0.2, 0.25) is 0 Å². The lowest BCUT2D eigenvalue weighted by Gasteiger charge is -2.18. The molecule has 0 nitrogen and oxygen atoms in total. The Morgan fingerprint density at radius 3 is 2.42 bits per heavy atom. The monoisotopic (exact) mass is 430 g/mol. The van der Waals surface area contributed by atoms with E-state index < -0.39 is 0 Å². The van der Waals surface area contributed by atoms with E-state index in [2.05, 4.69) is 111 Å². The molecule has 0 heterocycles. The summed E-state index contributed by atoms with van der Waals surface area (Å²) in [5, 5.41) is 0. The second-order valence-electron chi connectivity index (χ2n) is 9.32. The van der Waals surface area contributed by atoms with E-state index >= 15 is 0 Å². The Bertz CT molecular complexity index is 1170. The van der Waals surface area contributed by atoms with Crippen LogP contribution in [0, 0.1) is 0 Å². The van der Waals surface area contributed by atoms with Gasteiger partial charge in [-0.1, -0.05) is 127 Å². The van der Waals surface area contributed by atoms with Gasteiger partial charge < -0.3 is 0 Å². The Balaban J connectivity index is 1.24. The third kappa shape index (κ3) is 5.71. The first-order valence-corrected chi connectivity index (χ1v) is 11.9. The van der Waals surface area contributed by atoms with Crippen molar-refractivity contribution in [3.63, 3.8) is 0 Å². The van der Waals surface area contributed by atoms with E-state index in [0.717, 1.165) is 31.3 Å². The molecule has 4 rings (SSSR count). The van der Waals surface area contributed by atoms with Gasteiger partial charge in [0.2, 0.25) is 0 Å². The topological polar surface area (TPSA) is 0 Å². The molecule has 0 radical (unpaired) electrons. The van der Waals surface area contributed by atoms with Crippen LogP contribution in [0.5, 0.6) is 0 Å². The third-order valence-electron chi connectivity index (χ3n) is 6.67. The fourth-order valence-electron chi connectivity index (χ4n) is 4.70. The summed E-state index contributed by atoms with van der Waals surface area (Å²) in [5.74, 6) is 0.437. The van der Waals surface area contributed by atoms with Gasteiger partial charge in [-0.2, -0.15) is 0 Å². The summed E-state index contributed by atoms with van der Waals surface area (Å²) >= 11 is 0. The first-order valence-electron chi connectivity index (χ1n) is 11.9. The maximum atomic E-state index is 4.35. The van der Waals surface area contributed by atoms with Crippen molar-refractivity contribution in [2.75, 3.05) is 0 Å². The molecule has 2 aliphatic rings. The highest BCUT2D eigenvalue weighted by Gasteiger charge is 2.21. The lowest BCUT2D eigenvalue weighted by Crippen LogP contribution is -2.01. The van der Waals surface area contributed by atoms with Crippen LogP contribution in [-0.4, -0.2) is 0 Å². The molecule has 0 fully saturated rings. The Morgan fingerprint density at radius 2 is 1.70 bits per heavy atom. The molecule has 0 heteroatoms. The minimum atomic E-state index is 0.437. The minimum absolute atomic E-state index is 0.437. The molecule has 0 saturated carbocycles. The van der Waals surface area contributed by atoms with E-state index in [-0.39, 0.29) is 0 Å². The molecule has 0 amide bonds. The zero-order valence-corrected chi connectivity index (χ0v) is 20.0. The molecule has 0 spiro atoms. The average molecular weight is 431 g/mol. The maximum absolute atomic E-state index is 4.35. The predicted octanol–water partition coefficient (Wildman–Crippen LogP) is 9.39. The summed E-state index contributed by atoms with van der Waals surface area (Å²) in [6.07, 6.45) is 17.7. The number of allylic oxidation sites excluding steroid dienone is 12. The Kier molecular flexibility index (Phi) is 7.25. The van der Waals surface area contributed by atoms with Crippen LogP contribution in [-0.2, 0) is 0 Å². The highest BCUT2D eigenvalue weighted by Crippen LogP contribution is 2.39. The molecule has 0 aromatic heterocycles. The molecular formula is C33H34. The van der Waals surface area contributed by atoms with Crippen LogP contribution in [0.15, 0.2) is 127 Å². The number of rotatable bonds is 9. The lowest BCUT2D eigenvalue weighted by atomic mass is 9.86. The number of hydrogen-bond acceptors (Lipinski definition) is 0. The van der Waals surface area contributed by atoms with Crippen molar-refractivity contribution in [3.8, 4) is 0 Å². The van der Waals surface area contributed by atoms with E-state index in [4.69, 9.17) is 0 Å². The molecule has 1 unspecified atom stereocenters. The SMILES string of the molecule is C=C(CC=CC1=CC=C(c2ccc(C(=C)C)cc2)C1)CCC1=CC=C(C)C1c1ccccc1. The molecule has 0 saturated heterocycles. The molecule has 33 heavy (non-hydrogen) atoms. The molecule has 0 bridgehead atoms. The van der Waals surface area contributed by atoms with Gasteiger partial charge in [0.25, 0.3) is 0 Å². The maximum Gasteiger partial charge on any atom is 0.0261 e. The van der Waals surface area contributed by atoms with Gasteiger partial charge in [0.15, 0.2) is 0 Å². The number of benzene rings is 2. The molecule has 0 aliphatic heterocycles. The zero-order valence-electron chi connectivity index (χ0n) is 20.0. The van der Waals surface area contributed by atoms with Gasteiger partial charge in [0.05, 0.1) is 0 Å². The summed E-state index contributed by atoms with van der Waals surface area (Å²) < 4.78 is 0. The second-order valence-corrected chi connectivity index (χ2v) is 9.32. The van der Waals surface area contributed by atoms with Gasteiger partial charge in [0, 0.05) is 5.92 Å². The van der Waals surface area contributed by atoms with E-state index in [1.54, 1.807) is 0 Å². The summed E-state index contributed by atoms with van der Waals surface area (Å²) in [4.78, 5) is 0. The second kappa shape index (κ2) is 10.5. The molecular weight excluding hydrogens is 396 g/mol. The zero-order chi connectivity index (χ0) is 23.2. The van der Waals surface area contributed by atoms with Crippen molar-refractivity contribution in [1.29, 1.82) is 0 Å². The van der Waals surface area contributed by atoms with Gasteiger partial charge in [-0.05, 0) is 67.4 Å². The van der Waals surface area contributed by atoms with Crippen molar-refractivity contribution in [2.24, 2.45) is 0 Å². The van der Waals surface area contributed by atoms with E-state index in [1.165, 1.54) is 44.6 Å². The van der Waals surface area contributed by atoms with E-state index in [0.29, 0.717) is 5.92 Å². The van der Waals surface area contributed by atoms with Crippen molar-refractivity contribution in [3.05, 3.63) is 143 Å². The molecule has 2 aromatic rings. The summed E-state index contributed by atoms with van der Waals surface area (Å²) in [7, 11) is 0. The van der Waals surface area contributed by atoms with Gasteiger partial charge in [0.1, 0.15) is 0 Å². The van der Waals surface area contributed by atoms with Crippen LogP contribution < -0.4 is 0 Å². The van der Waals surface area contributed by atoms with E-state index in [9.17, 15) is 0 Å². The van der Waals surface area contributed by atoms with Crippen molar-refractivity contribution in [2.45, 2.75) is 45.4 Å². The lowest BCUT2D eigenvalue weighted by molar-refractivity contribution is 0.816. The van der Waals surface area contributed by atoms with Crippen molar-refractivity contribution >= 4 is 11.1 Å². The van der Waals surface area contributed by atoms with Crippen LogP contribution in [0.4, 0.5) is 0 Å². The van der Waals surface area contributed by atoms with Crippen molar-refractivity contribution < 1.29 is 0 Å². The highest BCUT2D eigenvalue weighted by molar-refractivity contribution is 5.74. The Labute approximate surface area is 199 Å². The van der Waals surface area contributed by atoms with Crippen LogP contribution in [0.1, 0.15) is 62.1 Å². The van der Waals surface area contributed by atoms with Gasteiger partial charge >= 0.3 is 0 Å². The fraction of sp³-hybridized carbons (Fsp3) is 0.212. The normalized spacial score (nSPS) is 17.6. The fourth-order valence-corrected chi connectivity index (χ4v) is 4.70. The predicted molar refractivity (Wildman–Crippen MR) is 145 cm³/mol. The van der Waals surface area contributed by atoms with Crippen molar-refractivity contribution in [1.82, 2.24) is 0 Å². The van der Waals surface area contributed by atoms with Crippen LogP contribution in [0.3, 0.4) is 0 Å². The Morgan fingerprint density at radius 1 is 0.939 bits per heavy atom. The van der Waals surface area contributed by atoms with Crippen LogP contribution in [0.25, 0.3) is 11.1 Å². The summed E-state index contributed by atoms with van der Waals surface area (Å²) in [5.41, 5.74) is 12.0. The molecule has 0 N–H and O–H groups in total. The third-order valence-corrected chi connectivity index (χ3v) is 6.67. The molecule has 2 aromatic carbocycles. The standard InChI is InChI=1S/C33H34/c1-24(2)28-19-21-29(22-20-28)32-18-15-27(23-32)10-8-9-25(3)13-16-31-17-14-26(4)33(31)30-11-6-5-7-12-30/h5-8,10-12,14-15,17-22,33H,1,3,9,13,16,23H2,2,4H3. The van der Waals surface area contributed by atoms with Gasteiger partial charge in [-0.25, -0.2) is 0 Å². The number of hydrogen-bond donors (Lipinski definition) is 0. The highest BCUT2D eigenvalue weighted by atomic mass is 14.3. The summed E-state index contributed by atoms with van der Waals surface area (Å²) in [6, 6.07) is 19.6. The molecule has 166 valence electrons. The molecule has 1 atom stereocenters.